The highest BCUT2D eigenvalue weighted by Crippen LogP contribution is 2.17. The molecule has 0 aromatic carbocycles. The largest absolute Gasteiger partial charge is 0.466 e. The molecule has 0 aromatic heterocycles. The van der Waals surface area contributed by atoms with Crippen LogP contribution < -0.4 is 5.32 Å². The molecule has 3 N–H and O–H groups in total. The van der Waals surface area contributed by atoms with Gasteiger partial charge in [-0.05, 0) is 64.2 Å². The minimum atomic E-state index is -0.861. The van der Waals surface area contributed by atoms with Gasteiger partial charge in [0.2, 0.25) is 5.91 Å². The molecule has 0 bridgehead atoms. The van der Waals surface area contributed by atoms with E-state index in [2.05, 4.69) is 31.3 Å². The van der Waals surface area contributed by atoms with Crippen LogP contribution in [0.3, 0.4) is 0 Å². The van der Waals surface area contributed by atoms with Crippen molar-refractivity contribution in [2.75, 3.05) is 13.2 Å². The molecule has 2 unspecified atom stereocenters. The average Bonchev–Trinajstić information content (AvgIpc) is 3.29. The van der Waals surface area contributed by atoms with Gasteiger partial charge >= 0.3 is 5.97 Å². The first kappa shape index (κ1) is 62.3. The summed E-state index contributed by atoms with van der Waals surface area (Å²) in [7, 11) is 0. The van der Waals surface area contributed by atoms with Gasteiger partial charge < -0.3 is 20.3 Å². The molecule has 2 atom stereocenters. The summed E-state index contributed by atoms with van der Waals surface area (Å²) in [6.07, 6.45) is 64.8. The number of carbonyl (C=O) groups is 2. The van der Waals surface area contributed by atoms with Crippen molar-refractivity contribution in [1.82, 2.24) is 5.32 Å². The van der Waals surface area contributed by atoms with Crippen molar-refractivity contribution < 1.29 is 24.5 Å². The van der Waals surface area contributed by atoms with Crippen LogP contribution in [0.1, 0.15) is 309 Å². The quantitative estimate of drug-likeness (QED) is 0.0321. The van der Waals surface area contributed by atoms with Gasteiger partial charge in [-0.15, -0.1) is 0 Å². The highest BCUT2D eigenvalue weighted by molar-refractivity contribution is 5.76. The van der Waals surface area contributed by atoms with E-state index in [-0.39, 0.29) is 18.5 Å². The van der Waals surface area contributed by atoms with Crippen molar-refractivity contribution in [2.24, 2.45) is 0 Å². The third-order valence-electron chi connectivity index (χ3n) is 13.2. The molecule has 0 rings (SSSR count). The first-order valence-electron chi connectivity index (χ1n) is 28.6. The Morgan fingerprint density at radius 1 is 0.422 bits per heavy atom. The number of hydrogen-bond acceptors (Lipinski definition) is 5. The van der Waals surface area contributed by atoms with Crippen LogP contribution >= 0.6 is 0 Å². The predicted octanol–water partition coefficient (Wildman–Crippen LogP) is 17.5. The average molecular weight is 903 g/mol. The highest BCUT2D eigenvalue weighted by Gasteiger charge is 2.18. The summed E-state index contributed by atoms with van der Waals surface area (Å²) >= 11 is 0. The Morgan fingerprint density at radius 2 is 0.734 bits per heavy atom. The molecule has 6 heteroatoms. The van der Waals surface area contributed by atoms with Crippen LogP contribution in [0.4, 0.5) is 0 Å². The van der Waals surface area contributed by atoms with Crippen molar-refractivity contribution in [1.29, 1.82) is 0 Å². The third kappa shape index (κ3) is 49.8. The molecule has 0 radical (unpaired) electrons. The third-order valence-corrected chi connectivity index (χ3v) is 13.2. The molecule has 64 heavy (non-hydrogen) atoms. The Hall–Kier alpha value is -1.66. The molecular formula is C58H111NO5. The van der Waals surface area contributed by atoms with Gasteiger partial charge in [0, 0.05) is 12.8 Å². The van der Waals surface area contributed by atoms with E-state index in [9.17, 15) is 19.8 Å². The van der Waals surface area contributed by atoms with Gasteiger partial charge in [-0.1, -0.05) is 256 Å². The van der Waals surface area contributed by atoms with Crippen LogP contribution in [0, 0.1) is 0 Å². The highest BCUT2D eigenvalue weighted by atomic mass is 16.5. The molecule has 0 aliphatic rings. The van der Waals surface area contributed by atoms with E-state index in [0.717, 1.165) is 77.0 Å². The van der Waals surface area contributed by atoms with Crippen molar-refractivity contribution in [3.8, 4) is 0 Å². The van der Waals surface area contributed by atoms with Crippen LogP contribution in [0.5, 0.6) is 0 Å². The number of unbranched alkanes of at least 4 members (excludes halogenated alkanes) is 40. The molecule has 0 saturated heterocycles. The molecule has 1 amide bonds. The predicted molar refractivity (Wildman–Crippen MR) is 278 cm³/mol. The molecule has 0 saturated carbocycles. The number of aliphatic hydroxyl groups is 2. The minimum Gasteiger partial charge on any atom is -0.466 e. The number of ether oxygens (including phenoxy) is 1. The summed E-state index contributed by atoms with van der Waals surface area (Å²) < 4.78 is 5.44. The van der Waals surface area contributed by atoms with E-state index < -0.39 is 12.1 Å². The first-order chi connectivity index (χ1) is 31.5. The summed E-state index contributed by atoms with van der Waals surface area (Å²) in [6, 6.07) is -0.647. The molecular weight excluding hydrogens is 791 g/mol. The molecule has 0 aliphatic carbocycles. The fraction of sp³-hybridized carbons (Fsp3) is 0.897. The van der Waals surface area contributed by atoms with Crippen molar-refractivity contribution in [3.63, 3.8) is 0 Å². The molecule has 0 heterocycles. The van der Waals surface area contributed by atoms with Crippen LogP contribution in [0.2, 0.25) is 0 Å². The van der Waals surface area contributed by atoms with Gasteiger partial charge in [0.1, 0.15) is 0 Å². The van der Waals surface area contributed by atoms with E-state index in [1.54, 1.807) is 6.08 Å². The second-order valence-electron chi connectivity index (χ2n) is 19.6. The molecule has 0 aromatic rings. The van der Waals surface area contributed by atoms with Crippen LogP contribution in [-0.2, 0) is 14.3 Å². The summed E-state index contributed by atoms with van der Waals surface area (Å²) in [5.41, 5.74) is 0. The Labute approximate surface area is 399 Å². The lowest BCUT2D eigenvalue weighted by Gasteiger charge is -2.20. The van der Waals surface area contributed by atoms with Crippen molar-refractivity contribution in [3.05, 3.63) is 24.3 Å². The zero-order valence-electron chi connectivity index (χ0n) is 43.0. The zero-order chi connectivity index (χ0) is 46.5. The molecule has 0 aliphatic heterocycles. The topological polar surface area (TPSA) is 95.9 Å². The number of amides is 1. The Morgan fingerprint density at radius 3 is 1.11 bits per heavy atom. The van der Waals surface area contributed by atoms with Gasteiger partial charge in [-0.3, -0.25) is 9.59 Å². The van der Waals surface area contributed by atoms with Gasteiger partial charge in [0.25, 0.3) is 0 Å². The van der Waals surface area contributed by atoms with Crippen molar-refractivity contribution in [2.45, 2.75) is 321 Å². The molecule has 0 fully saturated rings. The number of aliphatic hydroxyl groups excluding tert-OH is 2. The number of rotatable bonds is 53. The van der Waals surface area contributed by atoms with Gasteiger partial charge in [0.05, 0.1) is 25.4 Å². The second kappa shape index (κ2) is 54.0. The molecule has 0 spiro atoms. The smallest absolute Gasteiger partial charge is 0.305 e. The van der Waals surface area contributed by atoms with Crippen LogP contribution in [0.25, 0.3) is 0 Å². The fourth-order valence-electron chi connectivity index (χ4n) is 8.81. The monoisotopic (exact) mass is 902 g/mol. The molecule has 378 valence electrons. The summed E-state index contributed by atoms with van der Waals surface area (Å²) in [6.45, 7) is 4.86. The SMILES string of the molecule is CCCCCCCCCCCCCCCCCCCCCCC/C=C/C(O)C(CO)NC(=O)CCCCCCC/C=C\CCCCCOC(=O)CCCCCCCCCCCCCC. The minimum absolute atomic E-state index is 0.0232. The maximum Gasteiger partial charge on any atom is 0.305 e. The first-order valence-corrected chi connectivity index (χ1v) is 28.6. The Bertz CT molecular complexity index is 997. The van der Waals surface area contributed by atoms with E-state index in [4.69, 9.17) is 4.74 Å². The van der Waals surface area contributed by atoms with Crippen molar-refractivity contribution >= 4 is 11.9 Å². The van der Waals surface area contributed by atoms with Gasteiger partial charge in [-0.2, -0.15) is 0 Å². The number of hydrogen-bond donors (Lipinski definition) is 3. The van der Waals surface area contributed by atoms with E-state index >= 15 is 0 Å². The number of carbonyl (C=O) groups excluding carboxylic acids is 2. The fourth-order valence-corrected chi connectivity index (χ4v) is 8.81. The van der Waals surface area contributed by atoms with E-state index in [1.807, 2.05) is 6.08 Å². The normalized spacial score (nSPS) is 12.8. The number of esters is 1. The van der Waals surface area contributed by atoms with Gasteiger partial charge in [0.15, 0.2) is 0 Å². The lowest BCUT2D eigenvalue weighted by molar-refractivity contribution is -0.143. The maximum absolute atomic E-state index is 12.5. The second-order valence-corrected chi connectivity index (χ2v) is 19.6. The van der Waals surface area contributed by atoms with Crippen LogP contribution in [-0.4, -0.2) is 47.4 Å². The van der Waals surface area contributed by atoms with E-state index in [1.165, 1.54) is 205 Å². The Balaban J connectivity index is 3.53. The summed E-state index contributed by atoms with van der Waals surface area (Å²) in [5, 5.41) is 23.2. The lowest BCUT2D eigenvalue weighted by atomic mass is 10.0. The molecule has 6 nitrogen and oxygen atoms in total. The number of nitrogens with one attached hydrogen (secondary N) is 1. The summed E-state index contributed by atoms with van der Waals surface area (Å²) in [4.78, 5) is 24.5. The zero-order valence-corrected chi connectivity index (χ0v) is 43.0. The maximum atomic E-state index is 12.5. The van der Waals surface area contributed by atoms with E-state index in [0.29, 0.717) is 19.4 Å². The lowest BCUT2D eigenvalue weighted by Crippen LogP contribution is -2.45. The van der Waals surface area contributed by atoms with Gasteiger partial charge in [-0.25, -0.2) is 0 Å². The van der Waals surface area contributed by atoms with Crippen LogP contribution in [0.15, 0.2) is 24.3 Å². The summed E-state index contributed by atoms with van der Waals surface area (Å²) in [5.74, 6) is -0.114. The number of allylic oxidation sites excluding steroid dienone is 3. The standard InChI is InChI=1S/C58H111NO5/c1-3-5-7-9-11-13-15-17-18-19-20-21-22-23-24-25-26-27-30-34-38-42-46-50-56(61)55(54-60)59-57(62)51-47-43-39-35-31-28-29-33-37-41-45-49-53-64-58(63)52-48-44-40-36-32-16-14-12-10-8-6-4-2/h29,33,46,50,55-56,60-61H,3-28,30-32,34-45,47-49,51-54H2,1-2H3,(H,59,62)/b33-29-,50-46+. The Kier molecular flexibility index (Phi) is 52.6.